The normalized spacial score (nSPS) is 17.3. The maximum atomic E-state index is 12.3. The van der Waals surface area contributed by atoms with Crippen LogP contribution >= 0.6 is 0 Å². The van der Waals surface area contributed by atoms with Gasteiger partial charge in [-0.05, 0) is 29.7 Å². The number of hydrogen-bond acceptors (Lipinski definition) is 7. The van der Waals surface area contributed by atoms with Gasteiger partial charge in [-0.3, -0.25) is 9.59 Å². The van der Waals surface area contributed by atoms with Gasteiger partial charge in [0, 0.05) is 37.8 Å². The number of sulfone groups is 1. The lowest BCUT2D eigenvalue weighted by molar-refractivity contribution is -0.124. The Morgan fingerprint density at radius 1 is 1.10 bits per heavy atom. The second kappa shape index (κ2) is 8.16. The number of carbonyl (C=O) groups excluding carboxylic acids is 2. The number of hydrogen-bond donors (Lipinski definition) is 1. The molecule has 1 N–H and O–H groups in total. The zero-order valence-electron chi connectivity index (χ0n) is 16.1. The van der Waals surface area contributed by atoms with Crippen molar-refractivity contribution in [2.24, 2.45) is 0 Å². The van der Waals surface area contributed by atoms with Crippen molar-refractivity contribution in [3.8, 4) is 11.6 Å². The van der Waals surface area contributed by atoms with E-state index < -0.39 is 9.84 Å². The fourth-order valence-electron chi connectivity index (χ4n) is 3.19. The van der Waals surface area contributed by atoms with Crippen LogP contribution in [0.5, 0.6) is 11.6 Å². The number of rotatable bonds is 5. The van der Waals surface area contributed by atoms with Crippen molar-refractivity contribution < 1.29 is 27.9 Å². The van der Waals surface area contributed by atoms with Crippen LogP contribution in [0.25, 0.3) is 0 Å². The van der Waals surface area contributed by atoms with Crippen LogP contribution in [-0.4, -0.2) is 36.3 Å². The predicted molar refractivity (Wildman–Crippen MR) is 106 cm³/mol. The molecule has 3 rings (SSSR count). The number of benzene rings is 1. The third kappa shape index (κ3) is 4.71. The zero-order chi connectivity index (χ0) is 21.2. The van der Waals surface area contributed by atoms with Crippen LogP contribution in [0.2, 0.25) is 0 Å². The molecule has 1 aliphatic carbocycles. The van der Waals surface area contributed by atoms with E-state index in [1.165, 1.54) is 18.3 Å². The summed E-state index contributed by atoms with van der Waals surface area (Å²) < 4.78 is 28.5. The van der Waals surface area contributed by atoms with Gasteiger partial charge in [0.15, 0.2) is 21.4 Å². The summed E-state index contributed by atoms with van der Waals surface area (Å²) in [5.74, 6) is -0.313. The molecule has 1 aliphatic rings. The monoisotopic (exact) mass is 415 g/mol. The fraction of sp³-hybridized carbons (Fsp3) is 0.286. The van der Waals surface area contributed by atoms with Crippen molar-refractivity contribution >= 4 is 21.4 Å². The Hall–Kier alpha value is -3.00. The molecule has 0 unspecified atom stereocenters. The third-order valence-corrected chi connectivity index (χ3v) is 5.85. The lowest BCUT2D eigenvalue weighted by Crippen LogP contribution is -2.26. The highest BCUT2D eigenvalue weighted by molar-refractivity contribution is 7.90. The number of aliphatic hydroxyl groups excluding tert-OH is 1. The summed E-state index contributed by atoms with van der Waals surface area (Å²) in [6.45, 7) is 1.69. The molecule has 0 bridgehead atoms. The first-order chi connectivity index (χ1) is 13.7. The molecule has 0 aliphatic heterocycles. The van der Waals surface area contributed by atoms with Gasteiger partial charge in [0.05, 0.1) is 10.5 Å². The highest BCUT2D eigenvalue weighted by atomic mass is 32.2. The fourth-order valence-corrected chi connectivity index (χ4v) is 3.75. The zero-order valence-corrected chi connectivity index (χ0v) is 16.9. The third-order valence-electron chi connectivity index (χ3n) is 4.76. The average molecular weight is 415 g/mol. The molecule has 1 saturated carbocycles. The largest absolute Gasteiger partial charge is 0.511 e. The number of carbonyl (C=O) groups is 2. The molecule has 0 spiro atoms. The van der Waals surface area contributed by atoms with E-state index in [-0.39, 0.29) is 58.9 Å². The Labute approximate surface area is 169 Å². The lowest BCUT2D eigenvalue weighted by atomic mass is 9.79. The van der Waals surface area contributed by atoms with E-state index in [1.807, 2.05) is 0 Å². The van der Waals surface area contributed by atoms with Gasteiger partial charge < -0.3 is 9.84 Å². The van der Waals surface area contributed by atoms with Crippen LogP contribution in [0.1, 0.15) is 37.7 Å². The van der Waals surface area contributed by atoms with Crippen molar-refractivity contribution in [1.82, 2.24) is 4.98 Å². The van der Waals surface area contributed by atoms with E-state index >= 15 is 0 Å². The molecule has 1 heterocycles. The molecule has 1 aromatic carbocycles. The van der Waals surface area contributed by atoms with Gasteiger partial charge in [-0.15, -0.1) is 0 Å². The van der Waals surface area contributed by atoms with Gasteiger partial charge in [-0.25, -0.2) is 13.4 Å². The first kappa shape index (κ1) is 20.7. The summed E-state index contributed by atoms with van der Waals surface area (Å²) >= 11 is 0. The Morgan fingerprint density at radius 2 is 1.72 bits per heavy atom. The van der Waals surface area contributed by atoms with Crippen molar-refractivity contribution in [1.29, 1.82) is 0 Å². The minimum absolute atomic E-state index is 0.0627. The van der Waals surface area contributed by atoms with Crippen molar-refractivity contribution in [3.63, 3.8) is 0 Å². The molecule has 8 heteroatoms. The quantitative estimate of drug-likeness (QED) is 0.452. The Kier molecular flexibility index (Phi) is 5.83. The molecular formula is C21H21NO6S. The van der Waals surface area contributed by atoms with Crippen molar-refractivity contribution in [2.45, 2.75) is 37.0 Å². The predicted octanol–water partition coefficient (Wildman–Crippen LogP) is 3.52. The lowest BCUT2D eigenvalue weighted by Gasteiger charge is -2.23. The SMILES string of the molecule is CCC(O)=C1C(=O)CC(c2ccc(Oc3ccc(S(C)(=O)=O)cn3)cc2)CC1=O. The summed E-state index contributed by atoms with van der Waals surface area (Å²) in [5.41, 5.74) is 0.766. The maximum absolute atomic E-state index is 12.3. The minimum atomic E-state index is -3.32. The summed E-state index contributed by atoms with van der Waals surface area (Å²) in [7, 11) is -3.32. The van der Waals surface area contributed by atoms with Gasteiger partial charge in [0.25, 0.3) is 0 Å². The molecule has 0 radical (unpaired) electrons. The summed E-state index contributed by atoms with van der Waals surface area (Å²) in [6, 6.07) is 9.84. The molecule has 7 nitrogen and oxygen atoms in total. The smallest absolute Gasteiger partial charge is 0.219 e. The molecular weight excluding hydrogens is 394 g/mol. The number of pyridine rings is 1. The van der Waals surface area contributed by atoms with Crippen LogP contribution in [0.4, 0.5) is 0 Å². The van der Waals surface area contributed by atoms with E-state index in [4.69, 9.17) is 4.74 Å². The summed E-state index contributed by atoms with van der Waals surface area (Å²) in [6.07, 6.45) is 2.92. The number of ether oxygens (including phenoxy) is 1. The molecule has 0 amide bonds. The van der Waals surface area contributed by atoms with Crippen LogP contribution in [0.15, 0.2) is 58.8 Å². The van der Waals surface area contributed by atoms with Gasteiger partial charge in [-0.2, -0.15) is 0 Å². The highest BCUT2D eigenvalue weighted by Crippen LogP contribution is 2.34. The molecule has 0 atom stereocenters. The van der Waals surface area contributed by atoms with E-state index in [0.717, 1.165) is 11.8 Å². The Balaban J connectivity index is 1.71. The van der Waals surface area contributed by atoms with Gasteiger partial charge in [-0.1, -0.05) is 19.1 Å². The minimum Gasteiger partial charge on any atom is -0.511 e. The second-order valence-corrected chi connectivity index (χ2v) is 8.92. The van der Waals surface area contributed by atoms with Crippen molar-refractivity contribution in [3.05, 3.63) is 59.5 Å². The van der Waals surface area contributed by atoms with Crippen LogP contribution in [0.3, 0.4) is 0 Å². The molecule has 1 fully saturated rings. The van der Waals surface area contributed by atoms with Crippen LogP contribution < -0.4 is 4.74 Å². The number of aliphatic hydroxyl groups is 1. The van der Waals surface area contributed by atoms with Gasteiger partial charge in [0.2, 0.25) is 5.88 Å². The van der Waals surface area contributed by atoms with E-state index in [2.05, 4.69) is 4.98 Å². The van der Waals surface area contributed by atoms with Gasteiger partial charge >= 0.3 is 0 Å². The summed E-state index contributed by atoms with van der Waals surface area (Å²) in [4.78, 5) is 28.7. The Bertz CT molecular complexity index is 1050. The van der Waals surface area contributed by atoms with Crippen molar-refractivity contribution in [2.75, 3.05) is 6.26 Å². The molecule has 29 heavy (non-hydrogen) atoms. The topological polar surface area (TPSA) is 111 Å². The molecule has 2 aromatic rings. The number of nitrogens with zero attached hydrogens (tertiary/aromatic N) is 1. The molecule has 152 valence electrons. The van der Waals surface area contributed by atoms with Gasteiger partial charge in [0.1, 0.15) is 11.5 Å². The number of aromatic nitrogens is 1. The highest BCUT2D eigenvalue weighted by Gasteiger charge is 2.33. The van der Waals surface area contributed by atoms with Crippen LogP contribution in [-0.2, 0) is 19.4 Å². The summed E-state index contributed by atoms with van der Waals surface area (Å²) in [5, 5.41) is 9.80. The van der Waals surface area contributed by atoms with Crippen LogP contribution in [0, 0.1) is 0 Å². The number of allylic oxidation sites excluding steroid dienone is 2. The molecule has 1 aromatic heterocycles. The second-order valence-electron chi connectivity index (χ2n) is 6.90. The first-order valence-corrected chi connectivity index (χ1v) is 11.0. The molecule has 0 saturated heterocycles. The van der Waals surface area contributed by atoms with E-state index in [9.17, 15) is 23.1 Å². The Morgan fingerprint density at radius 3 is 2.21 bits per heavy atom. The van der Waals surface area contributed by atoms with E-state index in [0.29, 0.717) is 5.75 Å². The maximum Gasteiger partial charge on any atom is 0.219 e. The van der Waals surface area contributed by atoms with E-state index in [1.54, 1.807) is 31.2 Å². The first-order valence-electron chi connectivity index (χ1n) is 9.11. The standard InChI is InChI=1S/C21H21NO6S/c1-3-17(23)21-18(24)10-14(11-19(21)25)13-4-6-15(7-5-13)28-20-9-8-16(12-22-20)29(2,26)27/h4-9,12,14,23H,3,10-11H2,1-2H3. The number of Topliss-reactive ketones (excluding diaryl/α,β-unsaturated/α-hetero) is 2. The average Bonchev–Trinajstić information content (AvgIpc) is 2.67. The number of ketones is 2.